The molecule has 0 atom stereocenters. The van der Waals surface area contributed by atoms with Gasteiger partial charge in [-0.2, -0.15) is 4.98 Å². The van der Waals surface area contributed by atoms with E-state index in [0.717, 1.165) is 37.1 Å². The van der Waals surface area contributed by atoms with Gasteiger partial charge in [-0.05, 0) is 50.5 Å². The molecule has 21 heavy (non-hydrogen) atoms. The predicted octanol–water partition coefficient (Wildman–Crippen LogP) is 3.54. The molecule has 1 aliphatic heterocycles. The molecule has 0 aliphatic carbocycles. The molecule has 0 unspecified atom stereocenters. The van der Waals surface area contributed by atoms with Gasteiger partial charge in [-0.1, -0.05) is 12.1 Å². The molecule has 3 rings (SSSR count). The largest absolute Gasteiger partial charge is 0.356 e. The highest BCUT2D eigenvalue weighted by Crippen LogP contribution is 2.25. The first-order chi connectivity index (χ1) is 10.3. The molecule has 0 amide bonds. The maximum atomic E-state index is 4.77. The molecular weight excluding hydrogens is 260 g/mol. The number of rotatable bonds is 4. The average molecular weight is 282 g/mol. The van der Waals surface area contributed by atoms with Crippen LogP contribution in [0.3, 0.4) is 0 Å². The van der Waals surface area contributed by atoms with Crippen LogP contribution in [0.15, 0.2) is 36.5 Å². The zero-order chi connectivity index (χ0) is 14.7. The summed E-state index contributed by atoms with van der Waals surface area (Å²) >= 11 is 0. The molecule has 2 heterocycles. The Bertz CT molecular complexity index is 605. The van der Waals surface area contributed by atoms with Gasteiger partial charge in [-0.25, -0.2) is 4.98 Å². The molecule has 0 spiro atoms. The molecule has 1 saturated heterocycles. The smallest absolute Gasteiger partial charge is 0.231 e. The summed E-state index contributed by atoms with van der Waals surface area (Å²) in [5, 5.41) is 0. The molecular formula is C17H22N4. The Morgan fingerprint density at radius 3 is 2.71 bits per heavy atom. The van der Waals surface area contributed by atoms with Crippen molar-refractivity contribution in [1.29, 1.82) is 0 Å². The number of hydrogen-bond donors (Lipinski definition) is 0. The summed E-state index contributed by atoms with van der Waals surface area (Å²) in [6.45, 7) is 7.31. The van der Waals surface area contributed by atoms with Gasteiger partial charge in [0.15, 0.2) is 0 Å². The highest BCUT2D eigenvalue weighted by atomic mass is 15.3. The Hall–Kier alpha value is -2.10. The highest BCUT2D eigenvalue weighted by Gasteiger charge is 2.16. The van der Waals surface area contributed by atoms with Crippen molar-refractivity contribution in [2.45, 2.75) is 26.7 Å². The monoisotopic (exact) mass is 282 g/mol. The van der Waals surface area contributed by atoms with Crippen LogP contribution in [0, 0.1) is 6.92 Å². The van der Waals surface area contributed by atoms with Crippen LogP contribution in [0.25, 0.3) is 0 Å². The molecule has 110 valence electrons. The second-order valence-corrected chi connectivity index (χ2v) is 5.49. The molecule has 1 aromatic heterocycles. The van der Waals surface area contributed by atoms with Crippen LogP contribution in [0.1, 0.15) is 25.3 Å². The summed E-state index contributed by atoms with van der Waals surface area (Å²) in [5.41, 5.74) is 2.40. The number of benzene rings is 1. The fourth-order valence-corrected chi connectivity index (χ4v) is 2.83. The summed E-state index contributed by atoms with van der Waals surface area (Å²) in [6.07, 6.45) is 4.39. The molecule has 0 radical (unpaired) electrons. The highest BCUT2D eigenvalue weighted by molar-refractivity contribution is 5.59. The van der Waals surface area contributed by atoms with Gasteiger partial charge >= 0.3 is 0 Å². The normalized spacial score (nSPS) is 14.5. The van der Waals surface area contributed by atoms with Crippen molar-refractivity contribution in [1.82, 2.24) is 9.97 Å². The fourth-order valence-electron chi connectivity index (χ4n) is 2.83. The van der Waals surface area contributed by atoms with Crippen LogP contribution in [0.4, 0.5) is 17.5 Å². The lowest BCUT2D eigenvalue weighted by molar-refractivity contribution is 0.896. The van der Waals surface area contributed by atoms with Crippen LogP contribution in [0.2, 0.25) is 0 Å². The first-order valence-electron chi connectivity index (χ1n) is 7.70. The molecule has 4 nitrogen and oxygen atoms in total. The zero-order valence-electron chi connectivity index (χ0n) is 12.8. The predicted molar refractivity (Wildman–Crippen MR) is 87.3 cm³/mol. The van der Waals surface area contributed by atoms with Gasteiger partial charge in [-0.3, -0.25) is 0 Å². The SMILES string of the molecule is CCN(c1cccc(C)c1)c1nccc(N2CCCC2)n1. The van der Waals surface area contributed by atoms with E-state index in [1.54, 1.807) is 0 Å². The van der Waals surface area contributed by atoms with Crippen molar-refractivity contribution < 1.29 is 0 Å². The number of nitrogens with zero attached hydrogens (tertiary/aromatic N) is 4. The standard InChI is InChI=1S/C17H22N4/c1-3-21(15-8-6-7-14(2)13-15)17-18-10-9-16(19-17)20-11-4-5-12-20/h6-10,13H,3-5,11-12H2,1-2H3. The van der Waals surface area contributed by atoms with E-state index >= 15 is 0 Å². The van der Waals surface area contributed by atoms with Gasteiger partial charge in [0.25, 0.3) is 0 Å². The van der Waals surface area contributed by atoms with E-state index in [1.807, 2.05) is 12.3 Å². The van der Waals surface area contributed by atoms with Crippen molar-refractivity contribution in [3.63, 3.8) is 0 Å². The van der Waals surface area contributed by atoms with E-state index in [0.29, 0.717) is 0 Å². The topological polar surface area (TPSA) is 32.3 Å². The van der Waals surface area contributed by atoms with E-state index < -0.39 is 0 Å². The Labute approximate surface area is 126 Å². The lowest BCUT2D eigenvalue weighted by Crippen LogP contribution is -2.23. The lowest BCUT2D eigenvalue weighted by Gasteiger charge is -2.23. The maximum absolute atomic E-state index is 4.77. The Balaban J connectivity index is 1.91. The minimum Gasteiger partial charge on any atom is -0.356 e. The molecule has 1 fully saturated rings. The third-order valence-electron chi connectivity index (χ3n) is 3.93. The van der Waals surface area contributed by atoms with E-state index in [2.05, 4.69) is 52.9 Å². The Kier molecular flexibility index (Phi) is 4.04. The van der Waals surface area contributed by atoms with Crippen LogP contribution < -0.4 is 9.80 Å². The van der Waals surface area contributed by atoms with Crippen molar-refractivity contribution in [2.24, 2.45) is 0 Å². The summed E-state index contributed by atoms with van der Waals surface area (Å²) in [6, 6.07) is 10.5. The van der Waals surface area contributed by atoms with E-state index in [-0.39, 0.29) is 0 Å². The number of hydrogen-bond acceptors (Lipinski definition) is 4. The van der Waals surface area contributed by atoms with Crippen molar-refractivity contribution in [2.75, 3.05) is 29.4 Å². The summed E-state index contributed by atoms with van der Waals surface area (Å²) in [7, 11) is 0. The molecule has 0 bridgehead atoms. The first-order valence-corrected chi connectivity index (χ1v) is 7.70. The molecule has 4 heteroatoms. The van der Waals surface area contributed by atoms with Crippen LogP contribution >= 0.6 is 0 Å². The second-order valence-electron chi connectivity index (χ2n) is 5.49. The Morgan fingerprint density at radius 1 is 1.19 bits per heavy atom. The van der Waals surface area contributed by atoms with Crippen molar-refractivity contribution >= 4 is 17.5 Å². The van der Waals surface area contributed by atoms with Crippen LogP contribution in [-0.4, -0.2) is 29.6 Å². The van der Waals surface area contributed by atoms with Gasteiger partial charge in [0.2, 0.25) is 5.95 Å². The number of anilines is 3. The zero-order valence-corrected chi connectivity index (χ0v) is 12.8. The van der Waals surface area contributed by atoms with Gasteiger partial charge in [0.05, 0.1) is 0 Å². The van der Waals surface area contributed by atoms with Crippen LogP contribution in [0.5, 0.6) is 0 Å². The average Bonchev–Trinajstić information content (AvgIpc) is 3.03. The van der Waals surface area contributed by atoms with Gasteiger partial charge < -0.3 is 9.80 Å². The van der Waals surface area contributed by atoms with E-state index in [1.165, 1.54) is 18.4 Å². The summed E-state index contributed by atoms with van der Waals surface area (Å²) < 4.78 is 0. The summed E-state index contributed by atoms with van der Waals surface area (Å²) in [5.74, 6) is 1.83. The molecule has 2 aromatic rings. The molecule has 0 saturated carbocycles. The number of aryl methyl sites for hydroxylation is 1. The fraction of sp³-hybridized carbons (Fsp3) is 0.412. The minimum absolute atomic E-state index is 0.785. The summed E-state index contributed by atoms with van der Waals surface area (Å²) in [4.78, 5) is 13.8. The molecule has 1 aliphatic rings. The molecule has 0 N–H and O–H groups in total. The third kappa shape index (κ3) is 2.99. The first kappa shape index (κ1) is 13.9. The quantitative estimate of drug-likeness (QED) is 0.858. The number of aromatic nitrogens is 2. The lowest BCUT2D eigenvalue weighted by atomic mass is 10.2. The van der Waals surface area contributed by atoms with Crippen LogP contribution in [-0.2, 0) is 0 Å². The third-order valence-corrected chi connectivity index (χ3v) is 3.93. The van der Waals surface area contributed by atoms with Gasteiger partial charge in [0, 0.05) is 31.5 Å². The Morgan fingerprint density at radius 2 is 2.00 bits per heavy atom. The molecule has 1 aromatic carbocycles. The maximum Gasteiger partial charge on any atom is 0.231 e. The van der Waals surface area contributed by atoms with E-state index in [4.69, 9.17) is 4.98 Å². The second kappa shape index (κ2) is 6.12. The minimum atomic E-state index is 0.785. The van der Waals surface area contributed by atoms with E-state index in [9.17, 15) is 0 Å². The van der Waals surface area contributed by atoms with Gasteiger partial charge in [0.1, 0.15) is 5.82 Å². The van der Waals surface area contributed by atoms with Crippen molar-refractivity contribution in [3.8, 4) is 0 Å². The van der Waals surface area contributed by atoms with Gasteiger partial charge in [-0.15, -0.1) is 0 Å². The van der Waals surface area contributed by atoms with Crippen molar-refractivity contribution in [3.05, 3.63) is 42.1 Å².